The number of hydrogen-bond donors (Lipinski definition) is 2. The SMILES string of the molecule is CCCOc1ccc(Cl)cc1NC(=O)C(C)(CC)CN. The largest absolute Gasteiger partial charge is 0.491 e. The third-order valence-electron chi connectivity index (χ3n) is 3.43. The summed E-state index contributed by atoms with van der Waals surface area (Å²) in [6.07, 6.45) is 1.56. The van der Waals surface area contributed by atoms with Crippen molar-refractivity contribution >= 4 is 23.2 Å². The predicted molar refractivity (Wildman–Crippen MR) is 83.3 cm³/mol. The van der Waals surface area contributed by atoms with E-state index in [0.717, 1.165) is 6.42 Å². The lowest BCUT2D eigenvalue weighted by atomic mass is 9.86. The van der Waals surface area contributed by atoms with E-state index >= 15 is 0 Å². The number of rotatable bonds is 7. The van der Waals surface area contributed by atoms with Crippen LogP contribution in [0.5, 0.6) is 5.75 Å². The Labute approximate surface area is 125 Å². The van der Waals surface area contributed by atoms with E-state index in [9.17, 15) is 4.79 Å². The number of amides is 1. The zero-order chi connectivity index (χ0) is 15.2. The van der Waals surface area contributed by atoms with Crippen molar-refractivity contribution in [1.82, 2.24) is 0 Å². The molecule has 0 saturated carbocycles. The summed E-state index contributed by atoms with van der Waals surface area (Å²) in [6.45, 7) is 6.70. The van der Waals surface area contributed by atoms with E-state index in [1.807, 2.05) is 20.8 Å². The number of hydrogen-bond acceptors (Lipinski definition) is 3. The standard InChI is InChI=1S/C15H23ClN2O2/c1-4-8-20-13-7-6-11(16)9-12(13)18-14(19)15(3,5-2)10-17/h6-7,9H,4-5,8,10,17H2,1-3H3,(H,18,19). The Kier molecular flexibility index (Phi) is 6.30. The smallest absolute Gasteiger partial charge is 0.231 e. The van der Waals surface area contributed by atoms with Crippen molar-refractivity contribution < 1.29 is 9.53 Å². The van der Waals surface area contributed by atoms with E-state index in [1.54, 1.807) is 18.2 Å². The van der Waals surface area contributed by atoms with Crippen molar-refractivity contribution in [2.75, 3.05) is 18.5 Å². The van der Waals surface area contributed by atoms with Gasteiger partial charge in [-0.2, -0.15) is 0 Å². The molecule has 1 unspecified atom stereocenters. The highest BCUT2D eigenvalue weighted by atomic mass is 35.5. The molecule has 0 radical (unpaired) electrons. The molecule has 1 amide bonds. The molecule has 0 aliphatic heterocycles. The summed E-state index contributed by atoms with van der Waals surface area (Å²) in [5, 5.41) is 3.43. The van der Waals surface area contributed by atoms with Crippen LogP contribution in [0.2, 0.25) is 5.02 Å². The van der Waals surface area contributed by atoms with Gasteiger partial charge < -0.3 is 15.8 Å². The van der Waals surface area contributed by atoms with Crippen molar-refractivity contribution in [3.8, 4) is 5.75 Å². The van der Waals surface area contributed by atoms with Crippen LogP contribution in [0.1, 0.15) is 33.6 Å². The summed E-state index contributed by atoms with van der Waals surface area (Å²) in [5.74, 6) is 0.506. The minimum Gasteiger partial charge on any atom is -0.491 e. The van der Waals surface area contributed by atoms with E-state index in [0.29, 0.717) is 36.0 Å². The lowest BCUT2D eigenvalue weighted by Gasteiger charge is -2.25. The molecule has 0 aromatic heterocycles. The summed E-state index contributed by atoms with van der Waals surface area (Å²) in [5.41, 5.74) is 5.70. The van der Waals surface area contributed by atoms with Gasteiger partial charge in [0.25, 0.3) is 0 Å². The molecule has 0 saturated heterocycles. The van der Waals surface area contributed by atoms with E-state index in [1.165, 1.54) is 0 Å². The van der Waals surface area contributed by atoms with Gasteiger partial charge in [0.1, 0.15) is 5.75 Å². The summed E-state index contributed by atoms with van der Waals surface area (Å²) in [4.78, 5) is 12.3. The molecule has 0 bridgehead atoms. The van der Waals surface area contributed by atoms with Crippen molar-refractivity contribution in [1.29, 1.82) is 0 Å². The van der Waals surface area contributed by atoms with Gasteiger partial charge in [-0.05, 0) is 38.0 Å². The minimum absolute atomic E-state index is 0.119. The molecule has 4 nitrogen and oxygen atoms in total. The average Bonchev–Trinajstić information content (AvgIpc) is 2.45. The average molecular weight is 299 g/mol. The number of ether oxygens (including phenoxy) is 1. The maximum Gasteiger partial charge on any atom is 0.231 e. The topological polar surface area (TPSA) is 64.3 Å². The van der Waals surface area contributed by atoms with Gasteiger partial charge >= 0.3 is 0 Å². The van der Waals surface area contributed by atoms with Crippen LogP contribution in [0.3, 0.4) is 0 Å². The van der Waals surface area contributed by atoms with Gasteiger partial charge in [-0.3, -0.25) is 4.79 Å². The van der Waals surface area contributed by atoms with E-state index in [-0.39, 0.29) is 5.91 Å². The fraction of sp³-hybridized carbons (Fsp3) is 0.533. The first-order valence-corrected chi connectivity index (χ1v) is 7.28. The van der Waals surface area contributed by atoms with Crippen molar-refractivity contribution in [3.05, 3.63) is 23.2 Å². The maximum absolute atomic E-state index is 12.3. The number of nitrogens with two attached hydrogens (primary N) is 1. The maximum atomic E-state index is 12.3. The zero-order valence-corrected chi connectivity index (χ0v) is 13.1. The first-order chi connectivity index (χ1) is 9.46. The van der Waals surface area contributed by atoms with Crippen LogP contribution >= 0.6 is 11.6 Å². The molecule has 0 fully saturated rings. The van der Waals surface area contributed by atoms with Crippen molar-refractivity contribution in [3.63, 3.8) is 0 Å². The van der Waals surface area contributed by atoms with Gasteiger partial charge in [0.15, 0.2) is 0 Å². The second kappa shape index (κ2) is 7.50. The van der Waals surface area contributed by atoms with E-state index in [2.05, 4.69) is 5.32 Å². The normalized spacial score (nSPS) is 13.7. The monoisotopic (exact) mass is 298 g/mol. The number of carbonyl (C=O) groups excluding carboxylic acids is 1. The molecule has 1 atom stereocenters. The van der Waals surface area contributed by atoms with Crippen molar-refractivity contribution in [2.24, 2.45) is 11.1 Å². The van der Waals surface area contributed by atoms with Crippen molar-refractivity contribution in [2.45, 2.75) is 33.6 Å². The fourth-order valence-electron chi connectivity index (χ4n) is 1.61. The van der Waals surface area contributed by atoms with E-state index in [4.69, 9.17) is 22.1 Å². The molecular weight excluding hydrogens is 276 g/mol. The summed E-state index contributed by atoms with van der Waals surface area (Å²) >= 11 is 5.98. The fourth-order valence-corrected chi connectivity index (χ4v) is 1.78. The number of anilines is 1. The third-order valence-corrected chi connectivity index (χ3v) is 3.67. The molecular formula is C15H23ClN2O2. The molecule has 0 spiro atoms. The Morgan fingerprint density at radius 2 is 2.15 bits per heavy atom. The van der Waals surface area contributed by atoms with Gasteiger partial charge in [-0.15, -0.1) is 0 Å². The Morgan fingerprint density at radius 3 is 2.70 bits per heavy atom. The Balaban J connectivity index is 2.95. The molecule has 1 rings (SSSR count). The van der Waals surface area contributed by atoms with Crippen LogP contribution in [0.15, 0.2) is 18.2 Å². The van der Waals surface area contributed by atoms with Gasteiger partial charge in [0.05, 0.1) is 17.7 Å². The number of benzene rings is 1. The number of nitrogens with one attached hydrogen (secondary N) is 1. The first-order valence-electron chi connectivity index (χ1n) is 6.90. The molecule has 1 aromatic rings. The van der Waals surface area contributed by atoms with Crippen LogP contribution in [0, 0.1) is 5.41 Å². The summed E-state index contributed by atoms with van der Waals surface area (Å²) in [7, 11) is 0. The van der Waals surface area contributed by atoms with Crippen LogP contribution < -0.4 is 15.8 Å². The molecule has 0 aliphatic carbocycles. The quantitative estimate of drug-likeness (QED) is 0.810. The highest BCUT2D eigenvalue weighted by molar-refractivity contribution is 6.31. The van der Waals surface area contributed by atoms with Gasteiger partial charge in [-0.1, -0.05) is 25.4 Å². The van der Waals surface area contributed by atoms with Gasteiger partial charge in [0.2, 0.25) is 5.91 Å². The molecule has 5 heteroatoms. The van der Waals surface area contributed by atoms with Crippen LogP contribution in [-0.4, -0.2) is 19.1 Å². The first kappa shape index (κ1) is 16.8. The predicted octanol–water partition coefficient (Wildman–Crippen LogP) is 3.44. The molecule has 112 valence electrons. The summed E-state index contributed by atoms with van der Waals surface area (Å²) in [6, 6.07) is 5.19. The molecule has 1 aromatic carbocycles. The lowest BCUT2D eigenvalue weighted by Crippen LogP contribution is -2.39. The summed E-state index contributed by atoms with van der Waals surface area (Å²) < 4.78 is 5.62. The number of halogens is 1. The molecule has 3 N–H and O–H groups in total. The second-order valence-electron chi connectivity index (χ2n) is 5.06. The Bertz CT molecular complexity index is 459. The second-order valence-corrected chi connectivity index (χ2v) is 5.50. The molecule has 0 heterocycles. The third kappa shape index (κ3) is 4.12. The Hall–Kier alpha value is -1.26. The van der Waals surface area contributed by atoms with Crippen LogP contribution in [-0.2, 0) is 4.79 Å². The minimum atomic E-state index is -0.593. The Morgan fingerprint density at radius 1 is 1.45 bits per heavy atom. The molecule has 20 heavy (non-hydrogen) atoms. The van der Waals surface area contributed by atoms with Gasteiger partial charge in [-0.25, -0.2) is 0 Å². The number of carbonyl (C=O) groups is 1. The van der Waals surface area contributed by atoms with Gasteiger partial charge in [0, 0.05) is 11.6 Å². The zero-order valence-electron chi connectivity index (χ0n) is 12.3. The lowest BCUT2D eigenvalue weighted by molar-refractivity contribution is -0.124. The van der Waals surface area contributed by atoms with Crippen LogP contribution in [0.4, 0.5) is 5.69 Å². The van der Waals surface area contributed by atoms with E-state index < -0.39 is 5.41 Å². The highest BCUT2D eigenvalue weighted by Gasteiger charge is 2.30. The molecule has 0 aliphatic rings. The van der Waals surface area contributed by atoms with Crippen LogP contribution in [0.25, 0.3) is 0 Å². The highest BCUT2D eigenvalue weighted by Crippen LogP contribution is 2.30.